The van der Waals surface area contributed by atoms with Crippen LogP contribution in [0.25, 0.3) is 0 Å². The monoisotopic (exact) mass is 530 g/mol. The van der Waals surface area contributed by atoms with Crippen molar-refractivity contribution in [1.29, 1.82) is 0 Å². The summed E-state index contributed by atoms with van der Waals surface area (Å²) in [5.74, 6) is 0.381. The summed E-state index contributed by atoms with van der Waals surface area (Å²) in [7, 11) is 3.47. The highest BCUT2D eigenvalue weighted by Gasteiger charge is 2.29. The number of anilines is 1. The molecule has 4 rings (SSSR count). The number of amides is 2. The minimum absolute atomic E-state index is 0.0437. The third-order valence-corrected chi connectivity index (χ3v) is 8.02. The van der Waals surface area contributed by atoms with Crippen LogP contribution in [0.4, 0.5) is 5.69 Å². The third kappa shape index (κ3) is 7.07. The number of nitrogens with zero attached hydrogens (tertiary/aromatic N) is 3. The maximum atomic E-state index is 13.6. The van der Waals surface area contributed by atoms with Crippen molar-refractivity contribution in [2.24, 2.45) is 11.8 Å². The van der Waals surface area contributed by atoms with E-state index >= 15 is 0 Å². The van der Waals surface area contributed by atoms with E-state index in [4.69, 9.17) is 14.2 Å². The van der Waals surface area contributed by atoms with Crippen molar-refractivity contribution in [1.82, 2.24) is 14.8 Å². The average molecular weight is 531 g/mol. The van der Waals surface area contributed by atoms with Gasteiger partial charge in [-0.1, -0.05) is 6.92 Å². The normalized spacial score (nSPS) is 24.5. The van der Waals surface area contributed by atoms with Crippen molar-refractivity contribution < 1.29 is 23.8 Å². The zero-order chi connectivity index (χ0) is 26.4. The number of nitrogens with one attached hydrogen (secondary N) is 1. The van der Waals surface area contributed by atoms with Gasteiger partial charge in [-0.2, -0.15) is 0 Å². The van der Waals surface area contributed by atoms with Crippen LogP contribution in [0.15, 0.2) is 29.8 Å². The second kappa shape index (κ2) is 12.8. The summed E-state index contributed by atoms with van der Waals surface area (Å²) in [5.41, 5.74) is 1.01. The number of fused-ring (bicyclic) bond motifs is 1. The number of hydrogen-bond donors (Lipinski definition) is 1. The Morgan fingerprint density at radius 2 is 2.03 bits per heavy atom. The summed E-state index contributed by atoms with van der Waals surface area (Å²) in [5, 5.41) is 6.03. The van der Waals surface area contributed by atoms with E-state index in [9.17, 15) is 9.59 Å². The van der Waals surface area contributed by atoms with Crippen LogP contribution < -0.4 is 10.1 Å². The number of likely N-dealkylation sites (N-methyl/N-ethyl adjacent to an activating group) is 1. The van der Waals surface area contributed by atoms with Gasteiger partial charge in [-0.3, -0.25) is 14.5 Å². The standard InChI is InChI=1S/C27H38N4O5S/c1-18-14-31(16-25-28-9-12-37-25)19(2)17-36-23-6-5-21(29-26(32)20-7-10-35-11-8-20)13-22(23)27(33)30(3)15-24(18)34-4/h5-6,9,12-13,18-20,24H,7-8,10-11,14-17H2,1-4H3,(H,29,32)/t18-,19+,24+/m0/s1. The van der Waals surface area contributed by atoms with Crippen molar-refractivity contribution in [2.75, 3.05) is 52.4 Å². The van der Waals surface area contributed by atoms with E-state index in [-0.39, 0.29) is 35.8 Å². The topological polar surface area (TPSA) is 93.2 Å². The van der Waals surface area contributed by atoms with Crippen molar-refractivity contribution >= 4 is 28.8 Å². The van der Waals surface area contributed by atoms with Gasteiger partial charge in [0.1, 0.15) is 17.4 Å². The highest BCUT2D eigenvalue weighted by Crippen LogP contribution is 2.28. The SMILES string of the molecule is CO[C@@H]1CN(C)C(=O)c2cc(NC(=O)C3CCOCC3)ccc2OC[C@@H](C)N(Cc2nccs2)C[C@@H]1C. The fourth-order valence-electron chi connectivity index (χ4n) is 4.86. The maximum absolute atomic E-state index is 13.6. The van der Waals surface area contributed by atoms with Crippen molar-refractivity contribution in [3.8, 4) is 5.75 Å². The molecule has 3 atom stereocenters. The molecule has 9 nitrogen and oxygen atoms in total. The average Bonchev–Trinajstić information content (AvgIpc) is 3.42. The quantitative estimate of drug-likeness (QED) is 0.632. The van der Waals surface area contributed by atoms with Crippen molar-refractivity contribution in [2.45, 2.75) is 45.4 Å². The number of carbonyl (C=O) groups excluding carboxylic acids is 2. The molecule has 2 aliphatic rings. The molecule has 1 N–H and O–H groups in total. The Kier molecular flexibility index (Phi) is 9.53. The lowest BCUT2D eigenvalue weighted by Crippen LogP contribution is -2.46. The Morgan fingerprint density at radius 3 is 2.73 bits per heavy atom. The number of aromatic nitrogens is 1. The Labute approximate surface area is 223 Å². The molecule has 202 valence electrons. The third-order valence-electron chi connectivity index (χ3n) is 7.26. The smallest absolute Gasteiger partial charge is 0.257 e. The Morgan fingerprint density at radius 1 is 1.24 bits per heavy atom. The van der Waals surface area contributed by atoms with Gasteiger partial charge in [-0.05, 0) is 43.9 Å². The van der Waals surface area contributed by atoms with Crippen LogP contribution in [0.5, 0.6) is 5.75 Å². The molecule has 3 heterocycles. The van der Waals surface area contributed by atoms with Gasteiger partial charge in [0.2, 0.25) is 5.91 Å². The predicted octanol–water partition coefficient (Wildman–Crippen LogP) is 3.51. The number of hydrogen-bond acceptors (Lipinski definition) is 8. The van der Waals surface area contributed by atoms with Gasteiger partial charge in [0.15, 0.2) is 0 Å². The van der Waals surface area contributed by atoms with Crippen LogP contribution in [0.1, 0.15) is 42.1 Å². The molecule has 0 aliphatic carbocycles. The van der Waals surface area contributed by atoms with Crippen LogP contribution in [0.2, 0.25) is 0 Å². The van der Waals surface area contributed by atoms with Gasteiger partial charge < -0.3 is 24.4 Å². The lowest BCUT2D eigenvalue weighted by Gasteiger charge is -2.35. The van der Waals surface area contributed by atoms with Crippen molar-refractivity contribution in [3.05, 3.63) is 40.3 Å². The van der Waals surface area contributed by atoms with E-state index in [0.29, 0.717) is 56.2 Å². The number of methoxy groups -OCH3 is 1. The summed E-state index contributed by atoms with van der Waals surface area (Å²) >= 11 is 1.64. The molecule has 0 saturated carbocycles. The Bertz CT molecular complexity index is 1040. The number of benzene rings is 1. The molecule has 1 fully saturated rings. The molecule has 2 amide bonds. The molecular weight excluding hydrogens is 492 g/mol. The van der Waals surface area contributed by atoms with Gasteiger partial charge in [0.05, 0.1) is 18.2 Å². The molecule has 0 unspecified atom stereocenters. The molecule has 0 spiro atoms. The minimum Gasteiger partial charge on any atom is -0.491 e. The van der Waals surface area contributed by atoms with Crippen LogP contribution in [0.3, 0.4) is 0 Å². The second-order valence-electron chi connectivity index (χ2n) is 10.0. The first kappa shape index (κ1) is 27.5. The number of ether oxygens (including phenoxy) is 3. The van der Waals surface area contributed by atoms with Crippen LogP contribution in [-0.2, 0) is 20.8 Å². The maximum Gasteiger partial charge on any atom is 0.257 e. The molecule has 1 aromatic heterocycles. The molecule has 2 aromatic rings. The van der Waals surface area contributed by atoms with E-state index in [1.54, 1.807) is 48.6 Å². The summed E-state index contributed by atoms with van der Waals surface area (Å²) in [6.07, 6.45) is 3.09. The first-order valence-electron chi connectivity index (χ1n) is 12.9. The molecule has 0 bridgehead atoms. The largest absolute Gasteiger partial charge is 0.491 e. The summed E-state index contributed by atoms with van der Waals surface area (Å²) < 4.78 is 17.5. The van der Waals surface area contributed by atoms with E-state index in [1.807, 2.05) is 11.6 Å². The first-order chi connectivity index (χ1) is 17.9. The zero-order valence-electron chi connectivity index (χ0n) is 22.1. The molecule has 10 heteroatoms. The van der Waals surface area contributed by atoms with Gasteiger partial charge in [0, 0.05) is 69.7 Å². The Hall–Kier alpha value is -2.53. The minimum atomic E-state index is -0.167. The van der Waals surface area contributed by atoms with Gasteiger partial charge in [-0.15, -0.1) is 11.3 Å². The van der Waals surface area contributed by atoms with E-state index in [2.05, 4.69) is 29.0 Å². The lowest BCUT2D eigenvalue weighted by atomic mass is 9.99. The number of carbonyl (C=O) groups is 2. The molecule has 37 heavy (non-hydrogen) atoms. The summed E-state index contributed by atoms with van der Waals surface area (Å²) in [6.45, 7) is 7.83. The molecule has 0 radical (unpaired) electrons. The summed E-state index contributed by atoms with van der Waals surface area (Å²) in [6, 6.07) is 5.38. The molecule has 2 aliphatic heterocycles. The predicted molar refractivity (Wildman–Crippen MR) is 143 cm³/mol. The summed E-state index contributed by atoms with van der Waals surface area (Å²) in [4.78, 5) is 34.9. The highest BCUT2D eigenvalue weighted by atomic mass is 32.1. The number of thiazole rings is 1. The molecular formula is C27H38N4O5S. The number of rotatable bonds is 5. The van der Waals surface area contributed by atoms with Gasteiger partial charge >= 0.3 is 0 Å². The van der Waals surface area contributed by atoms with Gasteiger partial charge in [0.25, 0.3) is 5.91 Å². The van der Waals surface area contributed by atoms with Crippen molar-refractivity contribution in [3.63, 3.8) is 0 Å². The fraction of sp³-hybridized carbons (Fsp3) is 0.593. The fourth-order valence-corrected chi connectivity index (χ4v) is 5.50. The second-order valence-corrected chi connectivity index (χ2v) is 11.0. The first-order valence-corrected chi connectivity index (χ1v) is 13.8. The molecule has 1 aromatic carbocycles. The van der Waals surface area contributed by atoms with E-state index in [1.165, 1.54) is 0 Å². The Balaban J connectivity index is 1.59. The highest BCUT2D eigenvalue weighted by molar-refractivity contribution is 7.09. The van der Waals surface area contributed by atoms with Crippen LogP contribution in [0, 0.1) is 11.8 Å². The lowest BCUT2D eigenvalue weighted by molar-refractivity contribution is -0.122. The van der Waals surface area contributed by atoms with E-state index < -0.39 is 0 Å². The van der Waals surface area contributed by atoms with E-state index in [0.717, 1.165) is 18.1 Å². The van der Waals surface area contributed by atoms with Crippen LogP contribution >= 0.6 is 11.3 Å². The zero-order valence-corrected chi connectivity index (χ0v) is 23.0. The van der Waals surface area contributed by atoms with Crippen LogP contribution in [-0.4, -0.2) is 85.8 Å². The van der Waals surface area contributed by atoms with Gasteiger partial charge in [-0.25, -0.2) is 4.98 Å². The molecule has 1 saturated heterocycles.